The number of hydrogen-bond acceptors (Lipinski definition) is 3. The molecule has 16 heavy (non-hydrogen) atoms. The summed E-state index contributed by atoms with van der Waals surface area (Å²) in [7, 11) is 0. The van der Waals surface area contributed by atoms with Crippen molar-refractivity contribution in [2.75, 3.05) is 6.54 Å². The van der Waals surface area contributed by atoms with Crippen LogP contribution in [0, 0.1) is 16.7 Å². The van der Waals surface area contributed by atoms with Crippen molar-refractivity contribution in [2.45, 2.75) is 39.7 Å². The van der Waals surface area contributed by atoms with Gasteiger partial charge in [-0.25, -0.2) is 0 Å². The van der Waals surface area contributed by atoms with Gasteiger partial charge in [-0.2, -0.15) is 5.26 Å². The van der Waals surface area contributed by atoms with Crippen LogP contribution in [0.4, 0.5) is 0 Å². The van der Waals surface area contributed by atoms with E-state index in [1.165, 1.54) is 0 Å². The highest BCUT2D eigenvalue weighted by molar-refractivity contribution is 4.97. The zero-order valence-electron chi connectivity index (χ0n) is 10.1. The van der Waals surface area contributed by atoms with Crippen LogP contribution in [0.2, 0.25) is 0 Å². The molecular weight excluding hydrogens is 200 g/mol. The van der Waals surface area contributed by atoms with Gasteiger partial charge in [-0.05, 0) is 45.4 Å². The molecule has 0 radical (unpaired) electrons. The highest BCUT2D eigenvalue weighted by atomic mass is 16.3. The molecule has 1 aromatic rings. The molecule has 0 saturated heterocycles. The first kappa shape index (κ1) is 12.8. The topological polar surface area (TPSA) is 49.0 Å². The fraction of sp³-hybridized carbons (Fsp3) is 0.615. The summed E-state index contributed by atoms with van der Waals surface area (Å²) in [4.78, 5) is 0. The molecule has 0 aliphatic heterocycles. The summed E-state index contributed by atoms with van der Waals surface area (Å²) >= 11 is 0. The lowest BCUT2D eigenvalue weighted by atomic mass is 9.89. The molecule has 0 bridgehead atoms. The molecular formula is C13H20N2O. The molecule has 0 fully saturated rings. The predicted molar refractivity (Wildman–Crippen MR) is 63.7 cm³/mol. The van der Waals surface area contributed by atoms with Crippen LogP contribution in [0.25, 0.3) is 0 Å². The molecule has 0 atom stereocenters. The average Bonchev–Trinajstić information content (AvgIpc) is 2.76. The van der Waals surface area contributed by atoms with Gasteiger partial charge in [0.15, 0.2) is 0 Å². The van der Waals surface area contributed by atoms with E-state index in [0.29, 0.717) is 0 Å². The van der Waals surface area contributed by atoms with Gasteiger partial charge < -0.3 is 9.73 Å². The van der Waals surface area contributed by atoms with E-state index in [-0.39, 0.29) is 5.41 Å². The van der Waals surface area contributed by atoms with Crippen molar-refractivity contribution in [1.82, 2.24) is 5.32 Å². The number of unbranched alkanes of at least 4 members (excludes halogenated alkanes) is 1. The van der Waals surface area contributed by atoms with Crippen molar-refractivity contribution < 1.29 is 4.42 Å². The highest BCUT2D eigenvalue weighted by Gasteiger charge is 2.15. The maximum atomic E-state index is 8.84. The largest absolute Gasteiger partial charge is 0.468 e. The van der Waals surface area contributed by atoms with Crippen LogP contribution in [-0.4, -0.2) is 6.54 Å². The molecule has 88 valence electrons. The molecule has 3 heteroatoms. The van der Waals surface area contributed by atoms with Crippen molar-refractivity contribution in [3.63, 3.8) is 0 Å². The quantitative estimate of drug-likeness (QED) is 0.718. The van der Waals surface area contributed by atoms with E-state index < -0.39 is 0 Å². The molecule has 1 aromatic heterocycles. The van der Waals surface area contributed by atoms with Gasteiger partial charge in [-0.15, -0.1) is 0 Å². The SMILES string of the molecule is CC(C)(C#N)CCCCNCc1ccco1. The second kappa shape index (κ2) is 6.34. The van der Waals surface area contributed by atoms with E-state index in [1.54, 1.807) is 6.26 Å². The Kier molecular flexibility index (Phi) is 5.07. The lowest BCUT2D eigenvalue weighted by molar-refractivity contribution is 0.418. The van der Waals surface area contributed by atoms with E-state index in [0.717, 1.165) is 38.1 Å². The molecule has 1 N–H and O–H groups in total. The molecule has 0 spiro atoms. The lowest BCUT2D eigenvalue weighted by Crippen LogP contribution is -2.15. The van der Waals surface area contributed by atoms with Crippen molar-refractivity contribution in [3.05, 3.63) is 24.2 Å². The molecule has 0 aromatic carbocycles. The van der Waals surface area contributed by atoms with Gasteiger partial charge in [-0.1, -0.05) is 6.42 Å². The third-order valence-corrected chi connectivity index (χ3v) is 2.59. The van der Waals surface area contributed by atoms with Gasteiger partial charge in [0.05, 0.1) is 24.3 Å². The summed E-state index contributed by atoms with van der Waals surface area (Å²) in [6.45, 7) is 5.74. The van der Waals surface area contributed by atoms with Crippen LogP contribution in [0.1, 0.15) is 38.9 Å². The third-order valence-electron chi connectivity index (χ3n) is 2.59. The van der Waals surface area contributed by atoms with Crippen LogP contribution >= 0.6 is 0 Å². The van der Waals surface area contributed by atoms with Crippen molar-refractivity contribution >= 4 is 0 Å². The maximum Gasteiger partial charge on any atom is 0.117 e. The average molecular weight is 220 g/mol. The lowest BCUT2D eigenvalue weighted by Gasteiger charge is -2.14. The minimum absolute atomic E-state index is 0.180. The number of nitrogens with zero attached hydrogens (tertiary/aromatic N) is 1. The van der Waals surface area contributed by atoms with Gasteiger partial charge in [0.25, 0.3) is 0 Å². The van der Waals surface area contributed by atoms with Crippen molar-refractivity contribution in [2.24, 2.45) is 5.41 Å². The van der Waals surface area contributed by atoms with E-state index in [9.17, 15) is 0 Å². The molecule has 3 nitrogen and oxygen atoms in total. The van der Waals surface area contributed by atoms with E-state index >= 15 is 0 Å². The normalized spacial score (nSPS) is 11.3. The number of furan rings is 1. The Labute approximate surface area is 97.5 Å². The molecule has 0 amide bonds. The van der Waals surface area contributed by atoms with Gasteiger partial charge in [0.1, 0.15) is 5.76 Å². The number of rotatable bonds is 7. The monoisotopic (exact) mass is 220 g/mol. The summed E-state index contributed by atoms with van der Waals surface area (Å²) in [5, 5.41) is 12.2. The third kappa shape index (κ3) is 4.99. The Balaban J connectivity index is 1.99. The molecule has 0 saturated carbocycles. The Morgan fingerprint density at radius 3 is 2.88 bits per heavy atom. The summed E-state index contributed by atoms with van der Waals surface area (Å²) in [6, 6.07) is 6.18. The van der Waals surface area contributed by atoms with E-state index in [4.69, 9.17) is 9.68 Å². The van der Waals surface area contributed by atoms with E-state index in [2.05, 4.69) is 11.4 Å². The Bertz CT molecular complexity index is 322. The fourth-order valence-electron chi connectivity index (χ4n) is 1.50. The highest BCUT2D eigenvalue weighted by Crippen LogP contribution is 2.21. The summed E-state index contributed by atoms with van der Waals surface area (Å²) in [5.41, 5.74) is -0.180. The zero-order chi connectivity index (χ0) is 11.9. The smallest absolute Gasteiger partial charge is 0.117 e. The van der Waals surface area contributed by atoms with Crippen LogP contribution in [0.5, 0.6) is 0 Å². The zero-order valence-corrected chi connectivity index (χ0v) is 10.1. The summed E-state index contributed by atoms with van der Waals surface area (Å²) in [6.07, 6.45) is 4.84. The van der Waals surface area contributed by atoms with E-state index in [1.807, 2.05) is 26.0 Å². The van der Waals surface area contributed by atoms with Crippen LogP contribution < -0.4 is 5.32 Å². The first-order valence-corrected chi connectivity index (χ1v) is 5.78. The van der Waals surface area contributed by atoms with Crippen LogP contribution in [0.3, 0.4) is 0 Å². The minimum Gasteiger partial charge on any atom is -0.468 e. The Morgan fingerprint density at radius 1 is 1.44 bits per heavy atom. The Hall–Kier alpha value is -1.27. The number of nitriles is 1. The second-order valence-corrected chi connectivity index (χ2v) is 4.71. The first-order valence-electron chi connectivity index (χ1n) is 5.78. The van der Waals surface area contributed by atoms with Gasteiger partial charge >= 0.3 is 0 Å². The first-order chi connectivity index (χ1) is 7.64. The van der Waals surface area contributed by atoms with Crippen molar-refractivity contribution in [1.29, 1.82) is 5.26 Å². The molecule has 0 aliphatic rings. The van der Waals surface area contributed by atoms with Crippen LogP contribution in [-0.2, 0) is 6.54 Å². The van der Waals surface area contributed by atoms with Crippen LogP contribution in [0.15, 0.2) is 22.8 Å². The second-order valence-electron chi connectivity index (χ2n) is 4.71. The minimum atomic E-state index is -0.180. The molecule has 0 unspecified atom stereocenters. The molecule has 1 heterocycles. The van der Waals surface area contributed by atoms with Gasteiger partial charge in [-0.3, -0.25) is 0 Å². The molecule has 1 rings (SSSR count). The summed E-state index contributed by atoms with van der Waals surface area (Å²) < 4.78 is 5.21. The Morgan fingerprint density at radius 2 is 2.25 bits per heavy atom. The summed E-state index contributed by atoms with van der Waals surface area (Å²) in [5.74, 6) is 0.970. The molecule has 0 aliphatic carbocycles. The fourth-order valence-corrected chi connectivity index (χ4v) is 1.50. The predicted octanol–water partition coefficient (Wildman–Crippen LogP) is 3.09. The maximum absolute atomic E-state index is 8.84. The van der Waals surface area contributed by atoms with Crippen molar-refractivity contribution in [3.8, 4) is 6.07 Å². The number of nitrogens with one attached hydrogen (secondary N) is 1. The number of hydrogen-bond donors (Lipinski definition) is 1. The van der Waals surface area contributed by atoms with Gasteiger partial charge in [0.2, 0.25) is 0 Å². The van der Waals surface area contributed by atoms with Gasteiger partial charge in [0, 0.05) is 0 Å². The standard InChI is InChI=1S/C13H20N2O/c1-13(2,11-14)7-3-4-8-15-10-12-6-5-9-16-12/h5-6,9,15H,3-4,7-8,10H2,1-2H3.